The highest BCUT2D eigenvalue weighted by atomic mass is 32.2. The maximum absolute atomic E-state index is 12.6. The molecule has 0 saturated heterocycles. The van der Waals surface area contributed by atoms with Gasteiger partial charge in [-0.25, -0.2) is 13.1 Å². The van der Waals surface area contributed by atoms with Crippen LogP contribution in [0.4, 0.5) is 0 Å². The Morgan fingerprint density at radius 3 is 2.52 bits per heavy atom. The Labute approximate surface area is 150 Å². The highest BCUT2D eigenvalue weighted by molar-refractivity contribution is 7.89. The molecule has 2 N–H and O–H groups in total. The summed E-state index contributed by atoms with van der Waals surface area (Å²) in [6.07, 6.45) is 5.39. The van der Waals surface area contributed by atoms with Crippen LogP contribution in [0.3, 0.4) is 0 Å². The summed E-state index contributed by atoms with van der Waals surface area (Å²) in [6.45, 7) is 5.63. The minimum absolute atomic E-state index is 0.000607. The highest BCUT2D eigenvalue weighted by Crippen LogP contribution is 2.26. The molecular formula is C18H28N2O4S. The van der Waals surface area contributed by atoms with E-state index in [0.29, 0.717) is 12.2 Å². The van der Waals surface area contributed by atoms with Crippen LogP contribution in [0, 0.1) is 0 Å². The molecule has 0 bridgehead atoms. The van der Waals surface area contributed by atoms with Gasteiger partial charge in [0.2, 0.25) is 10.0 Å². The van der Waals surface area contributed by atoms with Gasteiger partial charge in [0.15, 0.2) is 0 Å². The number of sulfonamides is 1. The van der Waals surface area contributed by atoms with Crippen LogP contribution >= 0.6 is 0 Å². The van der Waals surface area contributed by atoms with Crippen molar-refractivity contribution in [2.75, 3.05) is 6.61 Å². The molecule has 1 amide bonds. The molecule has 140 valence electrons. The van der Waals surface area contributed by atoms with Crippen molar-refractivity contribution in [2.24, 2.45) is 0 Å². The van der Waals surface area contributed by atoms with Crippen molar-refractivity contribution < 1.29 is 17.9 Å². The Balaban J connectivity index is 2.27. The number of ether oxygens (including phenoxy) is 1. The quantitative estimate of drug-likeness (QED) is 0.775. The van der Waals surface area contributed by atoms with Crippen LogP contribution in [0.5, 0.6) is 5.75 Å². The van der Waals surface area contributed by atoms with Gasteiger partial charge in [0.25, 0.3) is 5.91 Å². The van der Waals surface area contributed by atoms with Crippen LogP contribution in [0.2, 0.25) is 0 Å². The molecule has 1 aliphatic carbocycles. The van der Waals surface area contributed by atoms with Crippen LogP contribution in [0.15, 0.2) is 23.1 Å². The molecule has 1 fully saturated rings. The summed E-state index contributed by atoms with van der Waals surface area (Å²) < 4.78 is 33.1. The Morgan fingerprint density at radius 1 is 1.24 bits per heavy atom. The zero-order chi connectivity index (χ0) is 18.4. The van der Waals surface area contributed by atoms with Gasteiger partial charge in [0.05, 0.1) is 6.61 Å². The van der Waals surface area contributed by atoms with Crippen molar-refractivity contribution >= 4 is 15.9 Å². The molecule has 0 radical (unpaired) electrons. The van der Waals surface area contributed by atoms with E-state index in [0.717, 1.165) is 25.7 Å². The number of hydrogen-bond acceptors (Lipinski definition) is 4. The molecule has 25 heavy (non-hydrogen) atoms. The van der Waals surface area contributed by atoms with Crippen LogP contribution < -0.4 is 14.8 Å². The molecule has 1 aromatic rings. The molecular weight excluding hydrogens is 340 g/mol. The Kier molecular flexibility index (Phi) is 6.84. The predicted octanol–water partition coefficient (Wildman–Crippen LogP) is 2.83. The van der Waals surface area contributed by atoms with Crippen molar-refractivity contribution in [3.63, 3.8) is 0 Å². The van der Waals surface area contributed by atoms with Crippen molar-refractivity contribution in [1.29, 1.82) is 0 Å². The Morgan fingerprint density at radius 2 is 1.92 bits per heavy atom. The molecule has 0 spiro atoms. The first-order valence-electron chi connectivity index (χ1n) is 8.93. The number of rotatable bonds is 7. The Bertz CT molecular complexity index is 695. The Hall–Kier alpha value is -1.60. The molecule has 0 atom stereocenters. The van der Waals surface area contributed by atoms with Gasteiger partial charge < -0.3 is 10.1 Å². The number of benzene rings is 1. The minimum atomic E-state index is -3.76. The first kappa shape index (κ1) is 19.7. The normalized spacial score (nSPS) is 16.0. The highest BCUT2D eigenvalue weighted by Gasteiger charge is 2.24. The van der Waals surface area contributed by atoms with E-state index >= 15 is 0 Å². The monoisotopic (exact) mass is 368 g/mol. The lowest BCUT2D eigenvalue weighted by Gasteiger charge is -2.23. The maximum Gasteiger partial charge on any atom is 0.251 e. The summed E-state index contributed by atoms with van der Waals surface area (Å²) in [4.78, 5) is 12.5. The maximum atomic E-state index is 12.6. The average Bonchev–Trinajstić information content (AvgIpc) is 2.55. The van der Waals surface area contributed by atoms with E-state index in [9.17, 15) is 13.2 Å². The van der Waals surface area contributed by atoms with Crippen LogP contribution in [0.1, 0.15) is 63.2 Å². The summed E-state index contributed by atoms with van der Waals surface area (Å²) in [5.41, 5.74) is 0.332. The van der Waals surface area contributed by atoms with Crippen LogP contribution in [0.25, 0.3) is 0 Å². The zero-order valence-corrected chi connectivity index (χ0v) is 16.0. The van der Waals surface area contributed by atoms with Crippen molar-refractivity contribution in [1.82, 2.24) is 10.0 Å². The van der Waals surface area contributed by atoms with E-state index in [1.54, 1.807) is 32.9 Å². The van der Waals surface area contributed by atoms with Crippen molar-refractivity contribution in [2.45, 2.75) is 69.9 Å². The molecule has 0 unspecified atom stereocenters. The predicted molar refractivity (Wildman–Crippen MR) is 97.4 cm³/mol. The van der Waals surface area contributed by atoms with E-state index in [4.69, 9.17) is 4.74 Å². The average molecular weight is 368 g/mol. The van der Waals surface area contributed by atoms with Gasteiger partial charge in [-0.1, -0.05) is 19.3 Å². The molecule has 6 nitrogen and oxygen atoms in total. The summed E-state index contributed by atoms with van der Waals surface area (Å²) >= 11 is 0. The van der Waals surface area contributed by atoms with Crippen LogP contribution in [-0.2, 0) is 10.0 Å². The first-order chi connectivity index (χ1) is 11.8. The van der Waals surface area contributed by atoms with Gasteiger partial charge in [-0.05, 0) is 51.8 Å². The second-order valence-electron chi connectivity index (χ2n) is 6.68. The van der Waals surface area contributed by atoms with Gasteiger partial charge in [0.1, 0.15) is 10.6 Å². The van der Waals surface area contributed by atoms with Gasteiger partial charge in [-0.2, -0.15) is 0 Å². The largest absolute Gasteiger partial charge is 0.492 e. The third-order valence-corrected chi connectivity index (χ3v) is 5.81. The fraction of sp³-hybridized carbons (Fsp3) is 0.611. The van der Waals surface area contributed by atoms with Crippen molar-refractivity contribution in [3.05, 3.63) is 23.8 Å². The van der Waals surface area contributed by atoms with Gasteiger partial charge in [-0.3, -0.25) is 4.79 Å². The van der Waals surface area contributed by atoms with Crippen LogP contribution in [-0.4, -0.2) is 33.0 Å². The van der Waals surface area contributed by atoms with Gasteiger partial charge in [-0.15, -0.1) is 0 Å². The standard InChI is InChI=1S/C18H28N2O4S/c1-4-24-16-11-10-14(12-17(16)25(22,23)20-13(2)3)18(21)19-15-8-6-5-7-9-15/h10-13,15,20H,4-9H2,1-3H3,(H,19,21). The van der Waals surface area contributed by atoms with Gasteiger partial charge >= 0.3 is 0 Å². The zero-order valence-electron chi connectivity index (χ0n) is 15.2. The number of hydrogen-bond donors (Lipinski definition) is 2. The third kappa shape index (κ3) is 5.44. The first-order valence-corrected chi connectivity index (χ1v) is 10.4. The number of nitrogens with one attached hydrogen (secondary N) is 2. The lowest BCUT2D eigenvalue weighted by Crippen LogP contribution is -2.36. The molecule has 7 heteroatoms. The summed E-state index contributed by atoms with van der Waals surface area (Å²) in [7, 11) is -3.76. The topological polar surface area (TPSA) is 84.5 Å². The molecule has 0 aliphatic heterocycles. The summed E-state index contributed by atoms with van der Waals surface area (Å²) in [6, 6.07) is 4.47. The molecule has 1 aromatic carbocycles. The lowest BCUT2D eigenvalue weighted by molar-refractivity contribution is 0.0927. The number of carbonyl (C=O) groups is 1. The summed E-state index contributed by atoms with van der Waals surface area (Å²) in [5, 5.41) is 3.01. The smallest absolute Gasteiger partial charge is 0.251 e. The van der Waals surface area contributed by atoms with E-state index in [1.165, 1.54) is 12.5 Å². The summed E-state index contributed by atoms with van der Waals surface area (Å²) in [5.74, 6) is 0.0146. The SMILES string of the molecule is CCOc1ccc(C(=O)NC2CCCCC2)cc1S(=O)(=O)NC(C)C. The second kappa shape index (κ2) is 8.67. The molecule has 1 aliphatic rings. The van der Waals surface area contributed by atoms with E-state index in [2.05, 4.69) is 10.0 Å². The molecule has 0 aromatic heterocycles. The number of amides is 1. The fourth-order valence-electron chi connectivity index (χ4n) is 3.02. The molecule has 0 heterocycles. The van der Waals surface area contributed by atoms with Crippen molar-refractivity contribution in [3.8, 4) is 5.75 Å². The third-order valence-electron chi connectivity index (χ3n) is 4.13. The van der Waals surface area contributed by atoms with Gasteiger partial charge in [0, 0.05) is 17.6 Å². The van der Waals surface area contributed by atoms with E-state index < -0.39 is 10.0 Å². The number of carbonyl (C=O) groups excluding carboxylic acids is 1. The molecule has 1 saturated carbocycles. The fourth-order valence-corrected chi connectivity index (χ4v) is 4.45. The lowest BCUT2D eigenvalue weighted by atomic mass is 9.95. The van der Waals surface area contributed by atoms with E-state index in [-0.39, 0.29) is 28.6 Å². The minimum Gasteiger partial charge on any atom is -0.492 e. The second-order valence-corrected chi connectivity index (χ2v) is 8.36. The molecule has 2 rings (SSSR count). The van der Waals surface area contributed by atoms with E-state index in [1.807, 2.05) is 0 Å².